The summed E-state index contributed by atoms with van der Waals surface area (Å²) < 4.78 is 1.20. The zero-order chi connectivity index (χ0) is 14.1. The molecule has 110 valence electrons. The van der Waals surface area contributed by atoms with Crippen LogP contribution in [0.2, 0.25) is 0 Å². The van der Waals surface area contributed by atoms with Crippen molar-refractivity contribution in [3.05, 3.63) is 28.2 Å². The van der Waals surface area contributed by atoms with E-state index in [0.717, 1.165) is 25.0 Å². The summed E-state index contributed by atoms with van der Waals surface area (Å²) in [4.78, 5) is 2.66. The maximum absolute atomic E-state index is 3.64. The first-order valence-electron chi connectivity index (χ1n) is 7.89. The second-order valence-corrected chi connectivity index (χ2v) is 7.70. The van der Waals surface area contributed by atoms with E-state index in [-0.39, 0.29) is 0 Å². The fourth-order valence-corrected chi connectivity index (χ4v) is 4.02. The Morgan fingerprint density at radius 1 is 1.35 bits per heavy atom. The van der Waals surface area contributed by atoms with E-state index in [1.807, 2.05) is 0 Å². The van der Waals surface area contributed by atoms with Gasteiger partial charge in [-0.15, -0.1) is 0 Å². The summed E-state index contributed by atoms with van der Waals surface area (Å²) in [5.74, 6) is 1.65. The zero-order valence-electron chi connectivity index (χ0n) is 12.5. The van der Waals surface area contributed by atoms with E-state index in [1.54, 1.807) is 0 Å². The van der Waals surface area contributed by atoms with Crippen molar-refractivity contribution < 1.29 is 0 Å². The standard InChI is InChI=1S/C17H25BrN2/c1-12(2)9-19-10-14-4-5-15(18)8-17(14)20-11-13-3-6-16(20)7-13/h4-5,8,12-13,16,19H,3,6-7,9-11H2,1-2H3. The third-order valence-electron chi connectivity index (χ3n) is 4.63. The molecular formula is C17H25BrN2. The van der Waals surface area contributed by atoms with Crippen LogP contribution in [0.4, 0.5) is 5.69 Å². The van der Waals surface area contributed by atoms with Crippen molar-refractivity contribution in [1.29, 1.82) is 0 Å². The van der Waals surface area contributed by atoms with Crippen LogP contribution in [-0.2, 0) is 6.54 Å². The van der Waals surface area contributed by atoms with Crippen LogP contribution in [0.5, 0.6) is 0 Å². The van der Waals surface area contributed by atoms with Gasteiger partial charge in [0.25, 0.3) is 0 Å². The van der Waals surface area contributed by atoms with E-state index < -0.39 is 0 Å². The van der Waals surface area contributed by atoms with E-state index in [4.69, 9.17) is 0 Å². The van der Waals surface area contributed by atoms with Gasteiger partial charge in [0.15, 0.2) is 0 Å². The molecule has 2 fully saturated rings. The molecule has 2 atom stereocenters. The topological polar surface area (TPSA) is 15.3 Å². The number of nitrogens with zero attached hydrogens (tertiary/aromatic N) is 1. The van der Waals surface area contributed by atoms with Crippen molar-refractivity contribution in [1.82, 2.24) is 5.32 Å². The lowest BCUT2D eigenvalue weighted by atomic mass is 10.1. The number of piperidine rings is 1. The Labute approximate surface area is 131 Å². The molecule has 1 aromatic rings. The smallest absolute Gasteiger partial charge is 0.0425 e. The highest BCUT2D eigenvalue weighted by molar-refractivity contribution is 9.10. The quantitative estimate of drug-likeness (QED) is 0.867. The molecule has 0 aromatic heterocycles. The average molecular weight is 337 g/mol. The first-order chi connectivity index (χ1) is 9.63. The Kier molecular flexibility index (Phi) is 4.37. The number of hydrogen-bond donors (Lipinski definition) is 1. The van der Waals surface area contributed by atoms with Crippen molar-refractivity contribution in [3.8, 4) is 0 Å². The molecule has 1 heterocycles. The lowest BCUT2D eigenvalue weighted by Gasteiger charge is -2.31. The van der Waals surface area contributed by atoms with E-state index in [2.05, 4.69) is 58.2 Å². The summed E-state index contributed by atoms with van der Waals surface area (Å²) in [5.41, 5.74) is 2.89. The van der Waals surface area contributed by atoms with Gasteiger partial charge in [0.2, 0.25) is 0 Å². The molecule has 3 heteroatoms. The molecule has 1 saturated carbocycles. The summed E-state index contributed by atoms with van der Waals surface area (Å²) in [6, 6.07) is 7.55. The third kappa shape index (κ3) is 3.04. The SMILES string of the molecule is CC(C)CNCc1ccc(Br)cc1N1CC2CCC1C2. The molecule has 20 heavy (non-hydrogen) atoms. The minimum absolute atomic E-state index is 0.705. The molecule has 1 saturated heterocycles. The highest BCUT2D eigenvalue weighted by Crippen LogP contribution is 2.41. The summed E-state index contributed by atoms with van der Waals surface area (Å²) in [6.07, 6.45) is 4.23. The fraction of sp³-hybridized carbons (Fsp3) is 0.647. The minimum atomic E-state index is 0.705. The number of fused-ring (bicyclic) bond motifs is 2. The Hall–Kier alpha value is -0.540. The highest BCUT2D eigenvalue weighted by Gasteiger charge is 2.38. The Balaban J connectivity index is 1.76. The normalized spacial score (nSPS) is 24.9. The van der Waals surface area contributed by atoms with Crippen molar-refractivity contribution in [2.75, 3.05) is 18.0 Å². The van der Waals surface area contributed by atoms with Gasteiger partial charge in [-0.3, -0.25) is 0 Å². The number of hydrogen-bond acceptors (Lipinski definition) is 2. The first kappa shape index (κ1) is 14.4. The van der Waals surface area contributed by atoms with Gasteiger partial charge in [0.1, 0.15) is 0 Å². The molecule has 2 aliphatic rings. The molecule has 2 unspecified atom stereocenters. The number of anilines is 1. The molecule has 2 bridgehead atoms. The van der Waals surface area contributed by atoms with Gasteiger partial charge in [-0.1, -0.05) is 35.8 Å². The molecule has 1 N–H and O–H groups in total. The number of rotatable bonds is 5. The average Bonchev–Trinajstić information content (AvgIpc) is 3.02. The van der Waals surface area contributed by atoms with Crippen LogP contribution in [-0.4, -0.2) is 19.1 Å². The monoisotopic (exact) mass is 336 g/mol. The fourth-order valence-electron chi connectivity index (χ4n) is 3.67. The lowest BCUT2D eigenvalue weighted by molar-refractivity contribution is 0.542. The number of halogens is 1. The molecule has 0 radical (unpaired) electrons. The predicted octanol–water partition coefficient (Wildman–Crippen LogP) is 4.18. The van der Waals surface area contributed by atoms with Crippen LogP contribution < -0.4 is 10.2 Å². The van der Waals surface area contributed by atoms with Crippen molar-refractivity contribution in [2.24, 2.45) is 11.8 Å². The van der Waals surface area contributed by atoms with Gasteiger partial charge < -0.3 is 10.2 Å². The Morgan fingerprint density at radius 2 is 2.20 bits per heavy atom. The van der Waals surface area contributed by atoms with E-state index >= 15 is 0 Å². The largest absolute Gasteiger partial charge is 0.368 e. The number of nitrogens with one attached hydrogen (secondary N) is 1. The van der Waals surface area contributed by atoms with Crippen LogP contribution in [0.1, 0.15) is 38.7 Å². The van der Waals surface area contributed by atoms with Crippen LogP contribution in [0.15, 0.2) is 22.7 Å². The first-order valence-corrected chi connectivity index (χ1v) is 8.68. The Morgan fingerprint density at radius 3 is 2.85 bits per heavy atom. The summed E-state index contributed by atoms with van der Waals surface area (Å²) in [7, 11) is 0. The molecule has 1 aliphatic carbocycles. The molecule has 1 aliphatic heterocycles. The van der Waals surface area contributed by atoms with Gasteiger partial charge in [-0.2, -0.15) is 0 Å². The van der Waals surface area contributed by atoms with E-state index in [0.29, 0.717) is 5.92 Å². The number of benzene rings is 1. The van der Waals surface area contributed by atoms with Crippen LogP contribution >= 0.6 is 15.9 Å². The van der Waals surface area contributed by atoms with E-state index in [9.17, 15) is 0 Å². The molecular weight excluding hydrogens is 312 g/mol. The minimum Gasteiger partial charge on any atom is -0.368 e. The summed E-state index contributed by atoms with van der Waals surface area (Å²) >= 11 is 3.64. The highest BCUT2D eigenvalue weighted by atomic mass is 79.9. The van der Waals surface area contributed by atoms with Crippen molar-refractivity contribution in [3.63, 3.8) is 0 Å². The summed E-state index contributed by atoms with van der Waals surface area (Å²) in [5, 5.41) is 3.59. The van der Waals surface area contributed by atoms with Gasteiger partial charge >= 0.3 is 0 Å². The van der Waals surface area contributed by atoms with Gasteiger partial charge in [0, 0.05) is 29.3 Å². The van der Waals surface area contributed by atoms with Crippen LogP contribution in [0.25, 0.3) is 0 Å². The van der Waals surface area contributed by atoms with Crippen LogP contribution in [0.3, 0.4) is 0 Å². The molecule has 0 spiro atoms. The van der Waals surface area contributed by atoms with Crippen LogP contribution in [0, 0.1) is 11.8 Å². The summed E-state index contributed by atoms with van der Waals surface area (Å²) in [6.45, 7) is 7.85. The predicted molar refractivity (Wildman–Crippen MR) is 89.2 cm³/mol. The van der Waals surface area contributed by atoms with E-state index in [1.165, 1.54) is 41.5 Å². The Bertz CT molecular complexity index is 472. The van der Waals surface area contributed by atoms with Crippen molar-refractivity contribution >= 4 is 21.6 Å². The maximum atomic E-state index is 3.64. The molecule has 0 amide bonds. The lowest BCUT2D eigenvalue weighted by Crippen LogP contribution is -2.33. The molecule has 3 rings (SSSR count). The molecule has 1 aromatic carbocycles. The maximum Gasteiger partial charge on any atom is 0.0425 e. The third-order valence-corrected chi connectivity index (χ3v) is 5.13. The second kappa shape index (κ2) is 6.07. The van der Waals surface area contributed by atoms with Gasteiger partial charge in [0.05, 0.1) is 0 Å². The molecule has 2 nitrogen and oxygen atoms in total. The van der Waals surface area contributed by atoms with Crippen molar-refractivity contribution in [2.45, 2.75) is 45.7 Å². The second-order valence-electron chi connectivity index (χ2n) is 6.78. The van der Waals surface area contributed by atoms with Gasteiger partial charge in [-0.05, 0) is 55.3 Å². The zero-order valence-corrected chi connectivity index (χ0v) is 14.1. The van der Waals surface area contributed by atoms with Gasteiger partial charge in [-0.25, -0.2) is 0 Å².